The lowest BCUT2D eigenvalue weighted by Crippen LogP contribution is -2.33. The van der Waals surface area contributed by atoms with Gasteiger partial charge in [0, 0.05) is 17.9 Å². The number of anilines is 2. The predicted molar refractivity (Wildman–Crippen MR) is 66.5 cm³/mol. The van der Waals surface area contributed by atoms with E-state index < -0.39 is 11.8 Å². The van der Waals surface area contributed by atoms with E-state index >= 15 is 0 Å². The van der Waals surface area contributed by atoms with Crippen LogP contribution in [0.1, 0.15) is 17.3 Å². The van der Waals surface area contributed by atoms with Crippen LogP contribution in [0.2, 0.25) is 0 Å². The molecule has 0 bridgehead atoms. The summed E-state index contributed by atoms with van der Waals surface area (Å²) in [6.45, 7) is 2.55. The number of nitrogen functional groups attached to an aromatic ring is 1. The fourth-order valence-corrected chi connectivity index (χ4v) is 1.53. The molecule has 0 aliphatic heterocycles. The average Bonchev–Trinajstić information content (AvgIpc) is 2.26. The van der Waals surface area contributed by atoms with E-state index in [-0.39, 0.29) is 12.1 Å². The first-order chi connectivity index (χ1) is 7.95. The Morgan fingerprint density at radius 3 is 2.41 bits per heavy atom. The number of rotatable bonds is 5. The molecular formula is C11H16N4O2. The van der Waals surface area contributed by atoms with Gasteiger partial charge in [-0.3, -0.25) is 9.59 Å². The van der Waals surface area contributed by atoms with E-state index in [1.807, 2.05) is 6.92 Å². The standard InChI is InChI=1S/C11H16N4O2/c1-2-15(6-10(13)16)7-3-4-9(12)8(5-7)11(14)17/h3-5H,2,6,12H2,1H3,(H2,13,16)(H2,14,17). The second-order valence-electron chi connectivity index (χ2n) is 3.62. The molecule has 6 heteroatoms. The van der Waals surface area contributed by atoms with Crippen LogP contribution in [-0.2, 0) is 4.79 Å². The maximum absolute atomic E-state index is 11.1. The summed E-state index contributed by atoms with van der Waals surface area (Å²) >= 11 is 0. The van der Waals surface area contributed by atoms with Crippen LogP contribution in [0.3, 0.4) is 0 Å². The molecule has 0 aliphatic carbocycles. The van der Waals surface area contributed by atoms with Crippen LogP contribution in [-0.4, -0.2) is 24.9 Å². The van der Waals surface area contributed by atoms with Gasteiger partial charge in [0.25, 0.3) is 5.91 Å². The fraction of sp³-hybridized carbons (Fsp3) is 0.273. The van der Waals surface area contributed by atoms with Gasteiger partial charge in [-0.2, -0.15) is 0 Å². The Labute approximate surface area is 99.4 Å². The summed E-state index contributed by atoms with van der Waals surface area (Å²) < 4.78 is 0. The van der Waals surface area contributed by atoms with Crippen molar-refractivity contribution in [2.75, 3.05) is 23.7 Å². The molecule has 17 heavy (non-hydrogen) atoms. The predicted octanol–water partition coefficient (Wildman–Crippen LogP) is -0.321. The Morgan fingerprint density at radius 1 is 1.29 bits per heavy atom. The van der Waals surface area contributed by atoms with E-state index in [2.05, 4.69) is 0 Å². The molecule has 1 rings (SSSR count). The highest BCUT2D eigenvalue weighted by molar-refractivity contribution is 5.99. The van der Waals surface area contributed by atoms with Gasteiger partial charge in [-0.1, -0.05) is 0 Å². The van der Waals surface area contributed by atoms with Crippen LogP contribution in [0.25, 0.3) is 0 Å². The zero-order chi connectivity index (χ0) is 13.0. The Morgan fingerprint density at radius 2 is 1.94 bits per heavy atom. The van der Waals surface area contributed by atoms with Crippen molar-refractivity contribution in [3.63, 3.8) is 0 Å². The summed E-state index contributed by atoms with van der Waals surface area (Å²) in [4.78, 5) is 23.8. The molecule has 0 saturated carbocycles. The molecule has 1 aromatic carbocycles. The Hall–Kier alpha value is -2.24. The van der Waals surface area contributed by atoms with Crippen molar-refractivity contribution in [1.82, 2.24) is 0 Å². The van der Waals surface area contributed by atoms with Gasteiger partial charge in [0.15, 0.2) is 0 Å². The number of benzene rings is 1. The maximum atomic E-state index is 11.1. The fourth-order valence-electron chi connectivity index (χ4n) is 1.53. The van der Waals surface area contributed by atoms with Gasteiger partial charge in [-0.05, 0) is 25.1 Å². The molecule has 0 heterocycles. The number of amides is 2. The van der Waals surface area contributed by atoms with Gasteiger partial charge < -0.3 is 22.1 Å². The van der Waals surface area contributed by atoms with Gasteiger partial charge in [-0.25, -0.2) is 0 Å². The Balaban J connectivity index is 3.08. The van der Waals surface area contributed by atoms with Crippen molar-refractivity contribution in [3.05, 3.63) is 23.8 Å². The summed E-state index contributed by atoms with van der Waals surface area (Å²) in [7, 11) is 0. The van der Waals surface area contributed by atoms with Gasteiger partial charge in [0.1, 0.15) is 0 Å². The Bertz CT molecular complexity index is 445. The average molecular weight is 236 g/mol. The molecule has 0 aromatic heterocycles. The minimum absolute atomic E-state index is 0.0820. The second-order valence-corrected chi connectivity index (χ2v) is 3.62. The van der Waals surface area contributed by atoms with Crippen molar-refractivity contribution in [1.29, 1.82) is 0 Å². The van der Waals surface area contributed by atoms with Crippen molar-refractivity contribution in [3.8, 4) is 0 Å². The monoisotopic (exact) mass is 236 g/mol. The smallest absolute Gasteiger partial charge is 0.250 e. The second kappa shape index (κ2) is 5.20. The van der Waals surface area contributed by atoms with Crippen LogP contribution < -0.4 is 22.1 Å². The van der Waals surface area contributed by atoms with Crippen LogP contribution in [0.4, 0.5) is 11.4 Å². The molecule has 2 amide bonds. The SMILES string of the molecule is CCN(CC(N)=O)c1ccc(N)c(C(N)=O)c1. The Kier molecular flexibility index (Phi) is 3.92. The molecule has 0 spiro atoms. The minimum atomic E-state index is -0.598. The lowest BCUT2D eigenvalue weighted by Gasteiger charge is -2.22. The largest absolute Gasteiger partial charge is 0.398 e. The molecule has 6 N–H and O–H groups in total. The van der Waals surface area contributed by atoms with E-state index in [0.717, 1.165) is 0 Å². The van der Waals surface area contributed by atoms with Gasteiger partial charge >= 0.3 is 0 Å². The zero-order valence-corrected chi connectivity index (χ0v) is 9.64. The third kappa shape index (κ3) is 3.10. The molecule has 0 saturated heterocycles. The van der Waals surface area contributed by atoms with Crippen molar-refractivity contribution < 1.29 is 9.59 Å². The molecule has 0 atom stereocenters. The van der Waals surface area contributed by atoms with Gasteiger partial charge in [-0.15, -0.1) is 0 Å². The molecule has 0 aliphatic rings. The molecule has 0 radical (unpaired) electrons. The molecule has 6 nitrogen and oxygen atoms in total. The minimum Gasteiger partial charge on any atom is -0.398 e. The first-order valence-corrected chi connectivity index (χ1v) is 5.18. The first-order valence-electron chi connectivity index (χ1n) is 5.18. The third-order valence-corrected chi connectivity index (χ3v) is 2.40. The number of carbonyl (C=O) groups is 2. The highest BCUT2D eigenvalue weighted by atomic mass is 16.1. The molecular weight excluding hydrogens is 220 g/mol. The van der Waals surface area contributed by atoms with Crippen molar-refractivity contribution in [2.24, 2.45) is 11.5 Å². The quantitative estimate of drug-likeness (QED) is 0.607. The molecule has 0 unspecified atom stereocenters. The van der Waals surface area contributed by atoms with Gasteiger partial charge in [0.2, 0.25) is 5.91 Å². The summed E-state index contributed by atoms with van der Waals surface area (Å²) in [5.41, 5.74) is 17.2. The summed E-state index contributed by atoms with van der Waals surface area (Å²) in [6, 6.07) is 4.86. The number of primary amides is 2. The number of hydrogen-bond donors (Lipinski definition) is 3. The van der Waals surface area contributed by atoms with E-state index in [4.69, 9.17) is 17.2 Å². The van der Waals surface area contributed by atoms with E-state index in [1.54, 1.807) is 23.1 Å². The first kappa shape index (κ1) is 12.8. The van der Waals surface area contributed by atoms with Crippen molar-refractivity contribution in [2.45, 2.75) is 6.92 Å². The summed E-state index contributed by atoms with van der Waals surface area (Å²) in [6.07, 6.45) is 0. The number of hydrogen-bond acceptors (Lipinski definition) is 4. The number of nitrogens with zero attached hydrogens (tertiary/aromatic N) is 1. The van der Waals surface area contributed by atoms with Crippen molar-refractivity contribution >= 4 is 23.2 Å². The topological polar surface area (TPSA) is 115 Å². The highest BCUT2D eigenvalue weighted by Crippen LogP contribution is 2.20. The normalized spacial score (nSPS) is 9.94. The van der Waals surface area contributed by atoms with E-state index in [9.17, 15) is 9.59 Å². The highest BCUT2D eigenvalue weighted by Gasteiger charge is 2.11. The van der Waals surface area contributed by atoms with E-state index in [0.29, 0.717) is 17.9 Å². The van der Waals surface area contributed by atoms with Gasteiger partial charge in [0.05, 0.1) is 12.1 Å². The molecule has 0 fully saturated rings. The molecule has 1 aromatic rings. The lowest BCUT2D eigenvalue weighted by atomic mass is 10.1. The van der Waals surface area contributed by atoms with Crippen LogP contribution in [0, 0.1) is 0 Å². The summed E-state index contributed by atoms with van der Waals surface area (Å²) in [5, 5.41) is 0. The number of carbonyl (C=O) groups excluding carboxylic acids is 2. The number of likely N-dealkylation sites (N-methyl/N-ethyl adjacent to an activating group) is 1. The third-order valence-electron chi connectivity index (χ3n) is 2.40. The lowest BCUT2D eigenvalue weighted by molar-refractivity contribution is -0.116. The van der Waals surface area contributed by atoms with Crippen LogP contribution in [0.15, 0.2) is 18.2 Å². The summed E-state index contributed by atoms with van der Waals surface area (Å²) in [5.74, 6) is -1.04. The zero-order valence-electron chi connectivity index (χ0n) is 9.64. The van der Waals surface area contributed by atoms with E-state index in [1.165, 1.54) is 0 Å². The van der Waals surface area contributed by atoms with Crippen LogP contribution >= 0.6 is 0 Å². The van der Waals surface area contributed by atoms with Crippen LogP contribution in [0.5, 0.6) is 0 Å². The number of nitrogens with two attached hydrogens (primary N) is 3. The maximum Gasteiger partial charge on any atom is 0.250 e. The molecule has 92 valence electrons.